The molecule has 1 aromatic carbocycles. The smallest absolute Gasteiger partial charge is 0.225 e. The molecule has 1 heterocycles. The summed E-state index contributed by atoms with van der Waals surface area (Å²) in [4.78, 5) is 36.2. The van der Waals surface area contributed by atoms with Crippen molar-refractivity contribution in [1.82, 2.24) is 15.3 Å². The number of rotatable bonds is 10. The summed E-state index contributed by atoms with van der Waals surface area (Å²) >= 11 is 1.30. The summed E-state index contributed by atoms with van der Waals surface area (Å²) in [6, 6.07) is 8.42. The molecule has 1 aliphatic rings. The average molecular weight is 468 g/mol. The Hall–Kier alpha value is -2.87. The van der Waals surface area contributed by atoms with Crippen LogP contribution in [0.4, 0.5) is 11.8 Å². The number of hydrogen-bond donors (Lipinski definition) is 2. The molecular formula is C25H33N5O2S. The lowest BCUT2D eigenvalue weighted by atomic mass is 9.91. The Morgan fingerprint density at radius 1 is 1.12 bits per heavy atom. The van der Waals surface area contributed by atoms with Crippen molar-refractivity contribution in [3.05, 3.63) is 47.2 Å². The molecule has 0 radical (unpaired) electrons. The van der Waals surface area contributed by atoms with Crippen LogP contribution in [0.1, 0.15) is 45.4 Å². The summed E-state index contributed by atoms with van der Waals surface area (Å²) in [6.45, 7) is 5.66. The number of hydrogen-bond acceptors (Lipinski definition) is 7. The van der Waals surface area contributed by atoms with Gasteiger partial charge in [0, 0.05) is 49.3 Å². The van der Waals surface area contributed by atoms with Crippen LogP contribution in [0, 0.1) is 0 Å². The van der Waals surface area contributed by atoms with E-state index in [1.54, 1.807) is 0 Å². The van der Waals surface area contributed by atoms with Gasteiger partial charge in [-0.3, -0.25) is 9.59 Å². The summed E-state index contributed by atoms with van der Waals surface area (Å²) in [7, 11) is 3.97. The fraction of sp³-hybridized carbons (Fsp3) is 0.440. The third-order valence-corrected chi connectivity index (χ3v) is 6.59. The van der Waals surface area contributed by atoms with E-state index < -0.39 is 0 Å². The second-order valence-electron chi connectivity index (χ2n) is 8.48. The molecule has 1 aromatic heterocycles. The fourth-order valence-corrected chi connectivity index (χ4v) is 4.45. The van der Waals surface area contributed by atoms with Gasteiger partial charge in [-0.05, 0) is 50.1 Å². The Bertz CT molecular complexity index is 1030. The molecule has 0 atom stereocenters. The second kappa shape index (κ2) is 11.8. The number of nitrogens with one attached hydrogen (secondary N) is 2. The van der Waals surface area contributed by atoms with Gasteiger partial charge in [0.15, 0.2) is 5.78 Å². The van der Waals surface area contributed by atoms with Gasteiger partial charge in [0.05, 0.1) is 5.52 Å². The highest BCUT2D eigenvalue weighted by Crippen LogP contribution is 2.26. The summed E-state index contributed by atoms with van der Waals surface area (Å²) in [5.41, 5.74) is 0.918. The zero-order valence-electron chi connectivity index (χ0n) is 19.6. The molecule has 0 saturated heterocycles. The van der Waals surface area contributed by atoms with Gasteiger partial charge in [-0.1, -0.05) is 36.5 Å². The highest BCUT2D eigenvalue weighted by Gasteiger charge is 2.23. The zero-order chi connectivity index (χ0) is 23.8. The van der Waals surface area contributed by atoms with E-state index in [0.29, 0.717) is 10.9 Å². The molecule has 0 unspecified atom stereocenters. The van der Waals surface area contributed by atoms with Crippen LogP contribution in [-0.4, -0.2) is 47.8 Å². The molecule has 3 rings (SSSR count). The molecule has 2 aromatic rings. The number of nitrogens with zero attached hydrogens (tertiary/aromatic N) is 3. The maximum atomic E-state index is 12.3. The summed E-state index contributed by atoms with van der Waals surface area (Å²) in [5.74, 6) is 1.38. The van der Waals surface area contributed by atoms with Crippen LogP contribution in [0.3, 0.4) is 0 Å². The molecule has 8 heteroatoms. The molecule has 176 valence electrons. The zero-order valence-corrected chi connectivity index (χ0v) is 20.5. The van der Waals surface area contributed by atoms with Crippen molar-refractivity contribution in [3.8, 4) is 0 Å². The van der Waals surface area contributed by atoms with E-state index in [9.17, 15) is 9.59 Å². The molecule has 0 spiro atoms. The number of thioether (sulfide) groups is 1. The van der Waals surface area contributed by atoms with Crippen molar-refractivity contribution >= 4 is 46.1 Å². The lowest BCUT2D eigenvalue weighted by molar-refractivity contribution is -0.124. The fourth-order valence-electron chi connectivity index (χ4n) is 3.91. The van der Waals surface area contributed by atoms with Crippen LogP contribution >= 0.6 is 11.8 Å². The number of amides is 1. The van der Waals surface area contributed by atoms with Crippen LogP contribution in [0.5, 0.6) is 0 Å². The normalized spacial score (nSPS) is 18.3. The van der Waals surface area contributed by atoms with Crippen LogP contribution in [0.2, 0.25) is 0 Å². The number of para-hydroxylation sites is 1. The molecule has 2 N–H and O–H groups in total. The van der Waals surface area contributed by atoms with Crippen molar-refractivity contribution in [2.45, 2.75) is 57.5 Å². The van der Waals surface area contributed by atoms with E-state index in [0.717, 1.165) is 42.4 Å². The van der Waals surface area contributed by atoms with E-state index in [4.69, 9.17) is 4.98 Å². The Balaban J connectivity index is 1.47. The molecule has 7 nitrogen and oxygen atoms in total. The third-order valence-electron chi connectivity index (χ3n) is 5.67. The number of aromatic nitrogens is 2. The molecule has 1 aliphatic carbocycles. The average Bonchev–Trinajstić information content (AvgIpc) is 2.81. The number of carbonyl (C=O) groups is 2. The van der Waals surface area contributed by atoms with Gasteiger partial charge >= 0.3 is 0 Å². The summed E-state index contributed by atoms with van der Waals surface area (Å²) in [6.07, 6.45) is 5.87. The predicted molar refractivity (Wildman–Crippen MR) is 137 cm³/mol. The van der Waals surface area contributed by atoms with Crippen molar-refractivity contribution in [1.29, 1.82) is 0 Å². The van der Waals surface area contributed by atoms with E-state index >= 15 is 0 Å². The van der Waals surface area contributed by atoms with E-state index in [-0.39, 0.29) is 36.6 Å². The van der Waals surface area contributed by atoms with Crippen molar-refractivity contribution in [2.24, 2.45) is 0 Å². The van der Waals surface area contributed by atoms with E-state index in [1.165, 1.54) is 11.8 Å². The molecule has 0 bridgehead atoms. The predicted octanol–water partition coefficient (Wildman–Crippen LogP) is 4.66. The van der Waals surface area contributed by atoms with Gasteiger partial charge in [-0.15, -0.1) is 0 Å². The Morgan fingerprint density at radius 2 is 1.82 bits per heavy atom. The van der Waals surface area contributed by atoms with Crippen LogP contribution in [0.25, 0.3) is 10.9 Å². The maximum absolute atomic E-state index is 12.3. The first kappa shape index (κ1) is 24.8. The number of carbonyl (C=O) groups excluding carboxylic acids is 2. The minimum Gasteiger partial charge on any atom is -0.362 e. The number of benzene rings is 1. The van der Waals surface area contributed by atoms with E-state index in [1.807, 2.05) is 61.7 Å². The van der Waals surface area contributed by atoms with Crippen molar-refractivity contribution in [2.75, 3.05) is 24.3 Å². The lowest BCUT2D eigenvalue weighted by Gasteiger charge is -2.30. The molecule has 1 amide bonds. The standard InChI is InChI=1S/C25H33N5O2S/c1-5-16-33-17(2)22(31)14-15-23(32)26-18-10-12-19(13-11-18)27-25-28-21-9-7-6-8-20(21)24(29-25)30(3)4/h5-9,16,18-19H,2,10-15H2,1,3-4H3,(H,26,32)(H,27,28,29)/b16-5-. The van der Waals surface area contributed by atoms with Crippen LogP contribution < -0.4 is 15.5 Å². The molecule has 1 fully saturated rings. The van der Waals surface area contributed by atoms with Crippen molar-refractivity contribution in [3.63, 3.8) is 0 Å². The number of ketones is 1. The lowest BCUT2D eigenvalue weighted by Crippen LogP contribution is -2.40. The second-order valence-corrected chi connectivity index (χ2v) is 9.48. The van der Waals surface area contributed by atoms with Gasteiger partial charge in [0.25, 0.3) is 0 Å². The number of fused-ring (bicyclic) bond motifs is 1. The third kappa shape index (κ3) is 7.05. The summed E-state index contributed by atoms with van der Waals surface area (Å²) in [5, 5.41) is 9.42. The SMILES string of the molecule is C=C(S/C=C\C)C(=O)CCC(=O)NC1CCC(Nc2nc(N(C)C)c3ccccc3n2)CC1. The Kier molecular flexibility index (Phi) is 8.88. The monoisotopic (exact) mass is 467 g/mol. The summed E-state index contributed by atoms with van der Waals surface area (Å²) < 4.78 is 0. The minimum absolute atomic E-state index is 0.0721. The maximum Gasteiger partial charge on any atom is 0.225 e. The van der Waals surface area contributed by atoms with Gasteiger partial charge in [-0.25, -0.2) is 4.98 Å². The molecular weight excluding hydrogens is 434 g/mol. The Labute approximate surface area is 200 Å². The molecule has 0 aliphatic heterocycles. The molecule has 1 saturated carbocycles. The quantitative estimate of drug-likeness (QED) is 0.491. The van der Waals surface area contributed by atoms with Crippen molar-refractivity contribution < 1.29 is 9.59 Å². The number of anilines is 2. The minimum atomic E-state index is -0.0753. The van der Waals surface area contributed by atoms with Gasteiger partial charge < -0.3 is 15.5 Å². The molecule has 33 heavy (non-hydrogen) atoms. The highest BCUT2D eigenvalue weighted by atomic mass is 32.2. The first-order valence-corrected chi connectivity index (χ1v) is 12.2. The van der Waals surface area contributed by atoms with Gasteiger partial charge in [0.1, 0.15) is 5.82 Å². The van der Waals surface area contributed by atoms with Crippen LogP contribution in [-0.2, 0) is 9.59 Å². The van der Waals surface area contributed by atoms with E-state index in [2.05, 4.69) is 22.2 Å². The topological polar surface area (TPSA) is 87.2 Å². The first-order valence-electron chi connectivity index (χ1n) is 11.4. The van der Waals surface area contributed by atoms with Crippen LogP contribution in [0.15, 0.2) is 47.2 Å². The number of Topliss-reactive ketones (excluding diaryl/α,β-unsaturated/α-hetero) is 1. The van der Waals surface area contributed by atoms with Gasteiger partial charge in [0.2, 0.25) is 11.9 Å². The number of allylic oxidation sites excluding steroid dienone is 2. The Morgan fingerprint density at radius 3 is 2.52 bits per heavy atom. The first-order chi connectivity index (χ1) is 15.9. The highest BCUT2D eigenvalue weighted by molar-refractivity contribution is 8.06. The van der Waals surface area contributed by atoms with Gasteiger partial charge in [-0.2, -0.15) is 4.98 Å². The largest absolute Gasteiger partial charge is 0.362 e.